The molecule has 2 aliphatic rings. The number of hydrazone groups is 1. The zero-order valence-corrected chi connectivity index (χ0v) is 18.3. The molecule has 152 valence electrons. The predicted octanol–water partition coefficient (Wildman–Crippen LogP) is 5.71. The van der Waals surface area contributed by atoms with Gasteiger partial charge in [0.05, 0.1) is 26.0 Å². The summed E-state index contributed by atoms with van der Waals surface area (Å²) in [7, 11) is 3.28. The van der Waals surface area contributed by atoms with E-state index in [1.165, 1.54) is 0 Å². The van der Waals surface area contributed by atoms with Gasteiger partial charge in [0.2, 0.25) is 6.23 Å². The lowest BCUT2D eigenvalue weighted by molar-refractivity contribution is -0.0191. The van der Waals surface area contributed by atoms with Gasteiger partial charge < -0.3 is 14.2 Å². The number of methoxy groups -OCH3 is 2. The Balaban J connectivity index is 1.58. The predicted molar refractivity (Wildman–Crippen MR) is 119 cm³/mol. The molecule has 0 saturated carbocycles. The van der Waals surface area contributed by atoms with Crippen LogP contribution in [-0.2, 0) is 0 Å². The van der Waals surface area contributed by atoms with Crippen molar-refractivity contribution in [1.82, 2.24) is 5.01 Å². The number of fused-ring (bicyclic) bond motifs is 3. The minimum absolute atomic E-state index is 0.117. The molecule has 3 aromatic rings. The number of nitrogens with zero attached hydrogens (tertiary/aromatic N) is 2. The van der Waals surface area contributed by atoms with Crippen molar-refractivity contribution in [3.8, 4) is 17.2 Å². The third-order valence-electron chi connectivity index (χ3n) is 5.57. The van der Waals surface area contributed by atoms with Crippen molar-refractivity contribution in [2.75, 3.05) is 14.2 Å². The molecule has 30 heavy (non-hydrogen) atoms. The first-order valence-corrected chi connectivity index (χ1v) is 10.6. The van der Waals surface area contributed by atoms with Crippen LogP contribution in [0, 0.1) is 0 Å². The summed E-state index contributed by atoms with van der Waals surface area (Å²) in [4.78, 5) is 0. The first-order valence-electron chi connectivity index (χ1n) is 9.77. The van der Waals surface area contributed by atoms with Gasteiger partial charge in [-0.25, -0.2) is 5.01 Å². The molecule has 0 unspecified atom stereocenters. The van der Waals surface area contributed by atoms with Gasteiger partial charge in [0.1, 0.15) is 5.75 Å². The van der Waals surface area contributed by atoms with E-state index in [0.29, 0.717) is 11.5 Å². The standard InChI is InChI=1S/C24H21BrN2O3/c1-28-22-12-9-16(13-23(22)29-2)24-27-20(18-5-3-4-6-21(18)30-24)14-19(26-27)15-7-10-17(25)11-8-15/h3-13,20,24H,14H2,1-2H3/t20-,24+/m1/s1. The van der Waals surface area contributed by atoms with Gasteiger partial charge in [0.25, 0.3) is 0 Å². The van der Waals surface area contributed by atoms with Crippen molar-refractivity contribution in [3.63, 3.8) is 0 Å². The maximum Gasteiger partial charge on any atom is 0.214 e. The van der Waals surface area contributed by atoms with Crippen LogP contribution in [0.2, 0.25) is 0 Å². The van der Waals surface area contributed by atoms with Crippen molar-refractivity contribution in [1.29, 1.82) is 0 Å². The van der Waals surface area contributed by atoms with E-state index >= 15 is 0 Å². The van der Waals surface area contributed by atoms with Crippen molar-refractivity contribution in [3.05, 3.63) is 87.9 Å². The van der Waals surface area contributed by atoms with Crippen LogP contribution < -0.4 is 14.2 Å². The molecule has 0 aliphatic carbocycles. The van der Waals surface area contributed by atoms with Gasteiger partial charge in [-0.1, -0.05) is 46.3 Å². The fourth-order valence-corrected chi connectivity index (χ4v) is 4.34. The van der Waals surface area contributed by atoms with Crippen LogP contribution in [0.5, 0.6) is 17.2 Å². The molecule has 0 aromatic heterocycles. The molecule has 5 rings (SSSR count). The normalized spacial score (nSPS) is 19.4. The minimum Gasteiger partial charge on any atom is -0.493 e. The summed E-state index contributed by atoms with van der Waals surface area (Å²) in [5.74, 6) is 2.26. The number of benzene rings is 3. The fourth-order valence-electron chi connectivity index (χ4n) is 4.08. The summed E-state index contributed by atoms with van der Waals surface area (Å²) < 4.78 is 18.4. The summed E-state index contributed by atoms with van der Waals surface area (Å²) in [5, 5.41) is 7.07. The number of halogens is 1. The van der Waals surface area contributed by atoms with Crippen molar-refractivity contribution in [2.45, 2.75) is 18.7 Å². The molecular weight excluding hydrogens is 444 g/mol. The number of rotatable bonds is 4. The maximum atomic E-state index is 6.42. The number of ether oxygens (including phenoxy) is 3. The van der Waals surface area contributed by atoms with Gasteiger partial charge >= 0.3 is 0 Å². The topological polar surface area (TPSA) is 43.3 Å². The van der Waals surface area contributed by atoms with Crippen LogP contribution in [0.25, 0.3) is 0 Å². The SMILES string of the molecule is COc1ccc([C@@H]2Oc3ccccc3[C@H]3CC(c4ccc(Br)cc4)=NN32)cc1OC. The first kappa shape index (κ1) is 19.0. The summed E-state index contributed by atoms with van der Waals surface area (Å²) >= 11 is 3.51. The van der Waals surface area contributed by atoms with Gasteiger partial charge in [-0.3, -0.25) is 0 Å². The van der Waals surface area contributed by atoms with E-state index in [1.54, 1.807) is 14.2 Å². The monoisotopic (exact) mass is 464 g/mol. The highest BCUT2D eigenvalue weighted by atomic mass is 79.9. The van der Waals surface area contributed by atoms with Crippen LogP contribution in [0.3, 0.4) is 0 Å². The van der Waals surface area contributed by atoms with E-state index < -0.39 is 0 Å². The van der Waals surface area contributed by atoms with Gasteiger partial charge in [0.15, 0.2) is 11.5 Å². The van der Waals surface area contributed by atoms with Crippen molar-refractivity contribution < 1.29 is 14.2 Å². The Labute approximate surface area is 184 Å². The number of hydrogen-bond acceptors (Lipinski definition) is 5. The third kappa shape index (κ3) is 3.21. The molecule has 6 heteroatoms. The summed E-state index contributed by atoms with van der Waals surface area (Å²) in [6.07, 6.45) is 0.476. The lowest BCUT2D eigenvalue weighted by Gasteiger charge is -2.38. The van der Waals surface area contributed by atoms with E-state index in [0.717, 1.165) is 39.0 Å². The molecule has 0 spiro atoms. The quantitative estimate of drug-likeness (QED) is 0.495. The highest BCUT2D eigenvalue weighted by Gasteiger charge is 2.41. The highest BCUT2D eigenvalue weighted by Crippen LogP contribution is 2.48. The molecular formula is C24H21BrN2O3. The van der Waals surface area contributed by atoms with E-state index in [9.17, 15) is 0 Å². The second-order valence-corrected chi connectivity index (χ2v) is 8.19. The van der Waals surface area contributed by atoms with Gasteiger partial charge in [0, 0.05) is 22.0 Å². The molecule has 0 bridgehead atoms. The lowest BCUT2D eigenvalue weighted by atomic mass is 9.96. The highest BCUT2D eigenvalue weighted by molar-refractivity contribution is 9.10. The Morgan fingerprint density at radius 1 is 0.967 bits per heavy atom. The first-order chi connectivity index (χ1) is 14.7. The smallest absolute Gasteiger partial charge is 0.214 e. The minimum atomic E-state index is -0.349. The van der Waals surface area contributed by atoms with Gasteiger partial charge in [-0.2, -0.15) is 5.10 Å². The fraction of sp³-hybridized carbons (Fsp3) is 0.208. The molecule has 0 fully saturated rings. The zero-order valence-electron chi connectivity index (χ0n) is 16.7. The molecule has 0 radical (unpaired) electrons. The molecule has 3 aromatic carbocycles. The Hall–Kier alpha value is -2.99. The molecule has 0 N–H and O–H groups in total. The molecule has 2 heterocycles. The Morgan fingerprint density at radius 3 is 2.50 bits per heavy atom. The Morgan fingerprint density at radius 2 is 1.73 bits per heavy atom. The molecule has 0 amide bonds. The number of hydrogen-bond donors (Lipinski definition) is 0. The average molecular weight is 465 g/mol. The van der Waals surface area contributed by atoms with Crippen molar-refractivity contribution >= 4 is 21.6 Å². The van der Waals surface area contributed by atoms with Crippen LogP contribution in [0.15, 0.2) is 76.3 Å². The van der Waals surface area contributed by atoms with E-state index in [-0.39, 0.29) is 12.3 Å². The lowest BCUT2D eigenvalue weighted by Crippen LogP contribution is -2.33. The van der Waals surface area contributed by atoms with Crippen LogP contribution in [0.4, 0.5) is 0 Å². The Kier molecular flexibility index (Phi) is 4.87. The Bertz CT molecular complexity index is 1110. The zero-order chi connectivity index (χ0) is 20.7. The van der Waals surface area contributed by atoms with Crippen LogP contribution >= 0.6 is 15.9 Å². The van der Waals surface area contributed by atoms with E-state index in [1.807, 2.05) is 42.5 Å². The van der Waals surface area contributed by atoms with Gasteiger partial charge in [-0.05, 0) is 42.0 Å². The summed E-state index contributed by atoms with van der Waals surface area (Å²) in [6.45, 7) is 0. The second-order valence-electron chi connectivity index (χ2n) is 7.28. The summed E-state index contributed by atoms with van der Waals surface area (Å²) in [5.41, 5.74) is 4.30. The molecule has 2 atom stereocenters. The largest absolute Gasteiger partial charge is 0.493 e. The van der Waals surface area contributed by atoms with Crippen LogP contribution in [0.1, 0.15) is 35.4 Å². The number of para-hydroxylation sites is 1. The van der Waals surface area contributed by atoms with Crippen molar-refractivity contribution in [2.24, 2.45) is 5.10 Å². The van der Waals surface area contributed by atoms with Crippen LogP contribution in [-0.4, -0.2) is 24.9 Å². The van der Waals surface area contributed by atoms with E-state index in [4.69, 9.17) is 19.3 Å². The summed E-state index contributed by atoms with van der Waals surface area (Å²) in [6, 6.07) is 22.5. The maximum absolute atomic E-state index is 6.42. The second kappa shape index (κ2) is 7.69. The molecule has 2 aliphatic heterocycles. The molecule has 5 nitrogen and oxygen atoms in total. The molecule has 0 saturated heterocycles. The third-order valence-corrected chi connectivity index (χ3v) is 6.10. The van der Waals surface area contributed by atoms with E-state index in [2.05, 4.69) is 45.2 Å². The average Bonchev–Trinajstić information content (AvgIpc) is 3.24. The van der Waals surface area contributed by atoms with Gasteiger partial charge in [-0.15, -0.1) is 0 Å².